The number of hydrogen-bond donors (Lipinski definition) is 0. The van der Waals surface area contributed by atoms with Gasteiger partial charge in [0.05, 0.1) is 11.0 Å². The molecule has 1 aliphatic heterocycles. The first-order valence-corrected chi connectivity index (χ1v) is 10.9. The van der Waals surface area contributed by atoms with E-state index in [2.05, 4.69) is 37.7 Å². The Morgan fingerprint density at radius 3 is 2.20 bits per heavy atom. The van der Waals surface area contributed by atoms with Crippen molar-refractivity contribution in [2.75, 3.05) is 32.7 Å². The molecule has 0 N–H and O–H groups in total. The third-order valence-corrected chi connectivity index (χ3v) is 5.62. The van der Waals surface area contributed by atoms with E-state index in [1.807, 2.05) is 29.2 Å². The van der Waals surface area contributed by atoms with E-state index >= 15 is 0 Å². The maximum Gasteiger partial charge on any atom is 0.277 e. The molecule has 0 saturated carbocycles. The van der Waals surface area contributed by atoms with Gasteiger partial charge >= 0.3 is 0 Å². The number of nitrogens with zero attached hydrogens (tertiary/aromatic N) is 5. The van der Waals surface area contributed by atoms with Crippen LogP contribution in [0, 0.1) is 11.8 Å². The molecule has 1 amide bonds. The Labute approximate surface area is 176 Å². The van der Waals surface area contributed by atoms with Crippen molar-refractivity contribution in [3.63, 3.8) is 0 Å². The first kappa shape index (κ1) is 20.6. The van der Waals surface area contributed by atoms with Crippen molar-refractivity contribution in [1.29, 1.82) is 0 Å². The average Bonchev–Trinajstić information content (AvgIpc) is 3.16. The Balaban J connectivity index is 1.68. The van der Waals surface area contributed by atoms with E-state index in [-0.39, 0.29) is 11.5 Å². The molecule has 0 radical (unpaired) electrons. The summed E-state index contributed by atoms with van der Waals surface area (Å²) in [5.41, 5.74) is 2.38. The van der Waals surface area contributed by atoms with Crippen LogP contribution in [-0.4, -0.2) is 62.6 Å². The minimum absolute atomic E-state index is 0.0956. The summed E-state index contributed by atoms with van der Waals surface area (Å²) in [4.78, 5) is 30.6. The van der Waals surface area contributed by atoms with Crippen LogP contribution in [0.3, 0.4) is 0 Å². The van der Waals surface area contributed by atoms with Crippen LogP contribution in [0.2, 0.25) is 0 Å². The van der Waals surface area contributed by atoms with Gasteiger partial charge in [-0.3, -0.25) is 14.5 Å². The van der Waals surface area contributed by atoms with Crippen LogP contribution < -0.4 is 5.56 Å². The summed E-state index contributed by atoms with van der Waals surface area (Å²) in [7, 11) is 0. The molecular formula is C23H31N5O2. The zero-order valence-corrected chi connectivity index (χ0v) is 18.3. The smallest absolute Gasteiger partial charge is 0.277 e. The molecule has 1 saturated heterocycles. The molecule has 1 fully saturated rings. The molecule has 7 nitrogen and oxygen atoms in total. The molecule has 7 heteroatoms. The fourth-order valence-corrected chi connectivity index (χ4v) is 4.30. The molecule has 0 spiro atoms. The van der Waals surface area contributed by atoms with E-state index in [0.717, 1.165) is 30.7 Å². The quantitative estimate of drug-likeness (QED) is 0.650. The lowest BCUT2D eigenvalue weighted by Crippen LogP contribution is -2.49. The number of amides is 1. The summed E-state index contributed by atoms with van der Waals surface area (Å²) < 4.78 is 3.44. The highest BCUT2D eigenvalue weighted by Crippen LogP contribution is 2.17. The minimum atomic E-state index is -0.101. The fraction of sp³-hybridized carbons (Fsp3) is 0.522. The molecule has 0 bridgehead atoms. The molecule has 4 rings (SSSR count). The number of para-hydroxylation sites is 2. The highest BCUT2D eigenvalue weighted by atomic mass is 16.2. The van der Waals surface area contributed by atoms with Crippen LogP contribution in [-0.2, 0) is 6.54 Å². The number of hydrogen-bond acceptors (Lipinski definition) is 4. The minimum Gasteiger partial charge on any atom is -0.335 e. The van der Waals surface area contributed by atoms with Crippen LogP contribution in [0.25, 0.3) is 16.6 Å². The molecule has 0 atom stereocenters. The fourth-order valence-electron chi connectivity index (χ4n) is 4.30. The van der Waals surface area contributed by atoms with Gasteiger partial charge in [0.15, 0.2) is 5.69 Å². The number of carbonyl (C=O) groups is 1. The van der Waals surface area contributed by atoms with Crippen molar-refractivity contribution in [2.45, 2.75) is 34.2 Å². The van der Waals surface area contributed by atoms with E-state index in [0.29, 0.717) is 42.7 Å². The van der Waals surface area contributed by atoms with Gasteiger partial charge in [0.2, 0.25) is 0 Å². The number of carbonyl (C=O) groups excluding carboxylic acids is 1. The zero-order chi connectivity index (χ0) is 21.4. The standard InChI is InChI=1S/C23H31N5O2/c1-16(2)14-25-9-11-26(12-10-25)22(29)18-13-21-23(30)27(15-17(3)4)19-7-5-6-8-20(19)28(21)24-18/h5-8,13,16-17H,9-12,14-15H2,1-4H3. The first-order chi connectivity index (χ1) is 14.3. The van der Waals surface area contributed by atoms with Gasteiger partial charge in [0, 0.05) is 45.3 Å². The molecule has 1 aliphatic rings. The predicted octanol–water partition coefficient (Wildman–Crippen LogP) is 2.72. The number of piperazine rings is 1. The first-order valence-electron chi connectivity index (χ1n) is 10.9. The topological polar surface area (TPSA) is 62.9 Å². The molecule has 30 heavy (non-hydrogen) atoms. The lowest BCUT2D eigenvalue weighted by atomic mass is 10.2. The van der Waals surface area contributed by atoms with Crippen LogP contribution in [0.4, 0.5) is 0 Å². The second-order valence-electron chi connectivity index (χ2n) is 9.11. The van der Waals surface area contributed by atoms with Crippen molar-refractivity contribution in [3.05, 3.63) is 46.4 Å². The van der Waals surface area contributed by atoms with Gasteiger partial charge in [-0.2, -0.15) is 5.10 Å². The molecule has 3 heterocycles. The van der Waals surface area contributed by atoms with E-state index in [9.17, 15) is 9.59 Å². The number of aromatic nitrogens is 3. The van der Waals surface area contributed by atoms with Gasteiger partial charge in [0.1, 0.15) is 5.52 Å². The predicted molar refractivity (Wildman–Crippen MR) is 119 cm³/mol. The molecule has 1 aromatic carbocycles. The third kappa shape index (κ3) is 3.86. The van der Waals surface area contributed by atoms with E-state index in [1.165, 1.54) is 0 Å². The van der Waals surface area contributed by atoms with Gasteiger partial charge in [0.25, 0.3) is 11.5 Å². The zero-order valence-electron chi connectivity index (χ0n) is 18.3. The highest BCUT2D eigenvalue weighted by Gasteiger charge is 2.25. The van der Waals surface area contributed by atoms with Gasteiger partial charge in [-0.05, 0) is 24.0 Å². The maximum absolute atomic E-state index is 13.2. The van der Waals surface area contributed by atoms with Crippen molar-refractivity contribution in [3.8, 4) is 0 Å². The third-order valence-electron chi connectivity index (χ3n) is 5.62. The van der Waals surface area contributed by atoms with Crippen molar-refractivity contribution >= 4 is 22.5 Å². The van der Waals surface area contributed by atoms with Gasteiger partial charge in [-0.1, -0.05) is 39.8 Å². The summed E-state index contributed by atoms with van der Waals surface area (Å²) in [6.07, 6.45) is 0. The Bertz CT molecular complexity index is 1120. The highest BCUT2D eigenvalue weighted by molar-refractivity contribution is 5.94. The summed E-state index contributed by atoms with van der Waals surface area (Å²) >= 11 is 0. The average molecular weight is 410 g/mol. The largest absolute Gasteiger partial charge is 0.335 e. The Kier molecular flexibility index (Phi) is 5.64. The van der Waals surface area contributed by atoms with Crippen LogP contribution in [0.5, 0.6) is 0 Å². The Hall–Kier alpha value is -2.67. The Morgan fingerprint density at radius 2 is 1.57 bits per heavy atom. The Morgan fingerprint density at radius 1 is 0.933 bits per heavy atom. The second-order valence-corrected chi connectivity index (χ2v) is 9.11. The van der Waals surface area contributed by atoms with E-state index in [1.54, 1.807) is 15.1 Å². The number of benzene rings is 1. The summed E-state index contributed by atoms with van der Waals surface area (Å²) in [6.45, 7) is 13.4. The van der Waals surface area contributed by atoms with Crippen LogP contribution >= 0.6 is 0 Å². The van der Waals surface area contributed by atoms with Crippen molar-refractivity contribution in [2.24, 2.45) is 11.8 Å². The van der Waals surface area contributed by atoms with Gasteiger partial charge in [-0.15, -0.1) is 0 Å². The molecular weight excluding hydrogens is 378 g/mol. The van der Waals surface area contributed by atoms with Crippen molar-refractivity contribution < 1.29 is 4.79 Å². The van der Waals surface area contributed by atoms with E-state index < -0.39 is 0 Å². The second kappa shape index (κ2) is 8.22. The SMILES string of the molecule is CC(C)CN1CCN(C(=O)c2cc3c(=O)n(CC(C)C)c4ccccc4n3n2)CC1. The van der Waals surface area contributed by atoms with E-state index in [4.69, 9.17) is 0 Å². The summed E-state index contributed by atoms with van der Waals surface area (Å²) in [5.74, 6) is 0.855. The molecule has 160 valence electrons. The maximum atomic E-state index is 13.2. The van der Waals surface area contributed by atoms with Crippen molar-refractivity contribution in [1.82, 2.24) is 24.0 Å². The summed E-state index contributed by atoms with van der Waals surface area (Å²) in [5, 5.41) is 4.56. The van der Waals surface area contributed by atoms with Crippen LogP contribution in [0.1, 0.15) is 38.2 Å². The monoisotopic (exact) mass is 409 g/mol. The lowest BCUT2D eigenvalue weighted by Gasteiger charge is -2.35. The number of fused-ring (bicyclic) bond motifs is 3. The molecule has 0 unspecified atom stereocenters. The lowest BCUT2D eigenvalue weighted by molar-refractivity contribution is 0.0618. The van der Waals surface area contributed by atoms with Gasteiger partial charge < -0.3 is 9.47 Å². The number of rotatable bonds is 5. The summed E-state index contributed by atoms with van der Waals surface area (Å²) in [6, 6.07) is 9.41. The van der Waals surface area contributed by atoms with Crippen LogP contribution in [0.15, 0.2) is 35.1 Å². The molecule has 0 aliphatic carbocycles. The molecule has 2 aromatic heterocycles. The normalized spacial score (nSPS) is 15.7. The van der Waals surface area contributed by atoms with Gasteiger partial charge in [-0.25, -0.2) is 4.52 Å². The molecule has 3 aromatic rings.